The van der Waals surface area contributed by atoms with Crippen LogP contribution in [0, 0.1) is 0 Å². The monoisotopic (exact) mass is 543 g/mol. The molecule has 0 saturated carbocycles. The van der Waals surface area contributed by atoms with Crippen LogP contribution in [-0.4, -0.2) is 32.7 Å². The maximum Gasteiger partial charge on any atom is 0.341 e. The first kappa shape index (κ1) is 27.5. The molecule has 1 amide bonds. The zero-order valence-corrected chi connectivity index (χ0v) is 22.7. The van der Waals surface area contributed by atoms with Crippen molar-refractivity contribution < 1.29 is 28.5 Å². The molecule has 1 N–H and O–H groups in total. The van der Waals surface area contributed by atoms with Crippen LogP contribution >= 0.6 is 11.3 Å². The van der Waals surface area contributed by atoms with Gasteiger partial charge in [-0.3, -0.25) is 4.79 Å². The highest BCUT2D eigenvalue weighted by molar-refractivity contribution is 7.15. The number of hydrogen-bond donors (Lipinski definition) is 1. The summed E-state index contributed by atoms with van der Waals surface area (Å²) >= 11 is 1.26. The molecule has 0 aliphatic heterocycles. The molecule has 0 bridgehead atoms. The number of methoxy groups -OCH3 is 2. The second-order valence-electron chi connectivity index (χ2n) is 8.31. The second-order valence-corrected chi connectivity index (χ2v) is 9.19. The molecule has 0 spiro atoms. The molecule has 4 rings (SSSR count). The molecule has 0 fully saturated rings. The van der Waals surface area contributed by atoms with Crippen molar-refractivity contribution in [2.45, 2.75) is 13.5 Å². The van der Waals surface area contributed by atoms with E-state index in [1.54, 1.807) is 39.4 Å². The van der Waals surface area contributed by atoms with Gasteiger partial charge in [-0.15, -0.1) is 11.3 Å². The Kier molecular flexibility index (Phi) is 9.37. The Labute approximate surface area is 231 Å². The van der Waals surface area contributed by atoms with Gasteiger partial charge in [0.2, 0.25) is 5.91 Å². The fourth-order valence-corrected chi connectivity index (χ4v) is 4.77. The summed E-state index contributed by atoms with van der Waals surface area (Å²) in [7, 11) is 3.16. The molecule has 0 aliphatic carbocycles. The molecule has 3 aromatic carbocycles. The third-order valence-corrected chi connectivity index (χ3v) is 6.66. The summed E-state index contributed by atoms with van der Waals surface area (Å²) in [5.41, 5.74) is 3.61. The minimum Gasteiger partial charge on any atom is -0.497 e. The van der Waals surface area contributed by atoms with Gasteiger partial charge in [0.25, 0.3) is 0 Å². The summed E-state index contributed by atoms with van der Waals surface area (Å²) in [5, 5.41) is 5.06. The molecule has 1 aromatic heterocycles. The largest absolute Gasteiger partial charge is 0.497 e. The summed E-state index contributed by atoms with van der Waals surface area (Å²) in [6, 6.07) is 22.6. The van der Waals surface area contributed by atoms with Crippen LogP contribution in [0.4, 0.5) is 5.00 Å². The lowest BCUT2D eigenvalue weighted by atomic mass is 10.0. The predicted octanol–water partition coefficient (Wildman–Crippen LogP) is 6.84. The molecule has 200 valence electrons. The number of ether oxygens (including phenoxy) is 4. The average Bonchev–Trinajstić information content (AvgIpc) is 3.39. The number of anilines is 1. The number of thiophene rings is 1. The first-order chi connectivity index (χ1) is 19.0. The molecule has 39 heavy (non-hydrogen) atoms. The van der Waals surface area contributed by atoms with Crippen LogP contribution in [0.5, 0.6) is 17.2 Å². The van der Waals surface area contributed by atoms with Crippen LogP contribution in [0.25, 0.3) is 17.2 Å². The Morgan fingerprint density at radius 3 is 2.38 bits per heavy atom. The van der Waals surface area contributed by atoms with E-state index >= 15 is 0 Å². The second kappa shape index (κ2) is 13.3. The summed E-state index contributed by atoms with van der Waals surface area (Å²) in [4.78, 5) is 25.6. The van der Waals surface area contributed by atoms with Crippen molar-refractivity contribution >= 4 is 34.3 Å². The Bertz CT molecular complexity index is 1440. The van der Waals surface area contributed by atoms with Gasteiger partial charge in [0.15, 0.2) is 11.5 Å². The van der Waals surface area contributed by atoms with Crippen molar-refractivity contribution in [3.63, 3.8) is 0 Å². The van der Waals surface area contributed by atoms with Gasteiger partial charge in [-0.1, -0.05) is 48.5 Å². The van der Waals surface area contributed by atoms with E-state index in [2.05, 4.69) is 5.32 Å². The van der Waals surface area contributed by atoms with E-state index in [4.69, 9.17) is 18.9 Å². The predicted molar refractivity (Wildman–Crippen MR) is 154 cm³/mol. The van der Waals surface area contributed by atoms with Gasteiger partial charge in [0, 0.05) is 17.0 Å². The normalized spacial score (nSPS) is 10.7. The molecule has 1 heterocycles. The third-order valence-electron chi connectivity index (χ3n) is 5.76. The van der Waals surface area contributed by atoms with Crippen LogP contribution < -0.4 is 19.5 Å². The molecular weight excluding hydrogens is 514 g/mol. The van der Waals surface area contributed by atoms with E-state index < -0.39 is 5.97 Å². The Morgan fingerprint density at radius 1 is 0.923 bits per heavy atom. The Balaban J connectivity index is 1.48. The van der Waals surface area contributed by atoms with E-state index in [0.29, 0.717) is 40.0 Å². The van der Waals surface area contributed by atoms with Gasteiger partial charge in [-0.05, 0) is 54.0 Å². The fourth-order valence-electron chi connectivity index (χ4n) is 3.81. The molecule has 0 atom stereocenters. The summed E-state index contributed by atoms with van der Waals surface area (Å²) in [6.45, 7) is 2.37. The minimum absolute atomic E-state index is 0.219. The first-order valence-corrected chi connectivity index (χ1v) is 13.2. The molecule has 0 unspecified atom stereocenters. The molecule has 7 nitrogen and oxygen atoms in total. The lowest BCUT2D eigenvalue weighted by Crippen LogP contribution is -2.12. The topological polar surface area (TPSA) is 83.1 Å². The Morgan fingerprint density at radius 2 is 1.69 bits per heavy atom. The van der Waals surface area contributed by atoms with E-state index in [-0.39, 0.29) is 12.5 Å². The van der Waals surface area contributed by atoms with Crippen molar-refractivity contribution in [1.29, 1.82) is 0 Å². The smallest absolute Gasteiger partial charge is 0.341 e. The number of carbonyl (C=O) groups is 2. The fraction of sp³-hybridized carbons (Fsp3) is 0.161. The summed E-state index contributed by atoms with van der Waals surface area (Å²) in [5.74, 6) is 0.983. The van der Waals surface area contributed by atoms with Gasteiger partial charge in [-0.2, -0.15) is 0 Å². The van der Waals surface area contributed by atoms with E-state index in [1.165, 1.54) is 17.4 Å². The standard InChI is InChI=1S/C31H29NO6S/c1-4-37-31(34)29-25(23-12-14-24(35-2)15-13-23)20-39-30(29)32-28(33)17-11-21-10-16-26(27(18-21)36-3)38-19-22-8-6-5-7-9-22/h5-18,20H,4,19H2,1-3H3,(H,32,33)/b17-11+. The zero-order chi connectivity index (χ0) is 27.6. The number of amides is 1. The Hall–Kier alpha value is -4.56. The summed E-state index contributed by atoms with van der Waals surface area (Å²) < 4.78 is 21.9. The van der Waals surface area contributed by atoms with Gasteiger partial charge < -0.3 is 24.3 Å². The number of benzene rings is 3. The quantitative estimate of drug-likeness (QED) is 0.165. The summed E-state index contributed by atoms with van der Waals surface area (Å²) in [6.07, 6.45) is 3.07. The molecule has 0 saturated heterocycles. The van der Waals surface area contributed by atoms with Crippen LogP contribution in [-0.2, 0) is 16.1 Å². The van der Waals surface area contributed by atoms with E-state index in [0.717, 1.165) is 16.7 Å². The van der Waals surface area contributed by atoms with Crippen molar-refractivity contribution in [3.05, 3.63) is 101 Å². The molecule has 4 aromatic rings. The van der Waals surface area contributed by atoms with E-state index in [1.807, 2.05) is 66.0 Å². The van der Waals surface area contributed by atoms with Crippen molar-refractivity contribution in [1.82, 2.24) is 0 Å². The minimum atomic E-state index is -0.500. The maximum atomic E-state index is 12.8. The van der Waals surface area contributed by atoms with Gasteiger partial charge in [0.1, 0.15) is 22.9 Å². The maximum absolute atomic E-state index is 12.8. The zero-order valence-electron chi connectivity index (χ0n) is 21.9. The van der Waals surface area contributed by atoms with Crippen molar-refractivity contribution in [3.8, 4) is 28.4 Å². The van der Waals surface area contributed by atoms with E-state index in [9.17, 15) is 9.59 Å². The molecule has 0 aliphatic rings. The van der Waals surface area contributed by atoms with Crippen LogP contribution in [0.1, 0.15) is 28.4 Å². The van der Waals surface area contributed by atoms with Crippen LogP contribution in [0.15, 0.2) is 84.3 Å². The lowest BCUT2D eigenvalue weighted by Gasteiger charge is -2.11. The number of hydrogen-bond acceptors (Lipinski definition) is 7. The highest BCUT2D eigenvalue weighted by Gasteiger charge is 2.22. The number of carbonyl (C=O) groups excluding carboxylic acids is 2. The van der Waals surface area contributed by atoms with Gasteiger partial charge in [0.05, 0.1) is 20.8 Å². The van der Waals surface area contributed by atoms with Crippen LogP contribution in [0.3, 0.4) is 0 Å². The first-order valence-electron chi connectivity index (χ1n) is 12.3. The molecular formula is C31H29NO6S. The average molecular weight is 544 g/mol. The number of rotatable bonds is 11. The van der Waals surface area contributed by atoms with Crippen molar-refractivity contribution in [2.24, 2.45) is 0 Å². The highest BCUT2D eigenvalue weighted by Crippen LogP contribution is 2.37. The lowest BCUT2D eigenvalue weighted by molar-refractivity contribution is -0.111. The van der Waals surface area contributed by atoms with Crippen LogP contribution in [0.2, 0.25) is 0 Å². The van der Waals surface area contributed by atoms with Gasteiger partial charge in [-0.25, -0.2) is 4.79 Å². The number of esters is 1. The van der Waals surface area contributed by atoms with Gasteiger partial charge >= 0.3 is 5.97 Å². The SMILES string of the molecule is CCOC(=O)c1c(-c2ccc(OC)cc2)csc1NC(=O)/C=C/c1ccc(OCc2ccccc2)c(OC)c1. The molecule has 0 radical (unpaired) electrons. The highest BCUT2D eigenvalue weighted by atomic mass is 32.1. The molecule has 8 heteroatoms. The third kappa shape index (κ3) is 7.06. The van der Waals surface area contributed by atoms with Crippen molar-refractivity contribution in [2.75, 3.05) is 26.1 Å². The number of nitrogens with one attached hydrogen (secondary N) is 1.